The van der Waals surface area contributed by atoms with Crippen LogP contribution in [0.15, 0.2) is 0 Å². The van der Waals surface area contributed by atoms with Gasteiger partial charge in [-0.1, -0.05) is 0 Å². The highest BCUT2D eigenvalue weighted by Gasteiger charge is 2.47. The van der Waals surface area contributed by atoms with Crippen LogP contribution in [0.2, 0.25) is 0 Å². The van der Waals surface area contributed by atoms with Crippen molar-refractivity contribution in [2.75, 3.05) is 20.1 Å². The second-order valence-corrected chi connectivity index (χ2v) is 3.40. The van der Waals surface area contributed by atoms with E-state index in [-0.39, 0.29) is 0 Å². The average Bonchev–Trinajstić information content (AvgIpc) is 2.44. The number of nitrogens with one attached hydrogen (secondary N) is 1. The lowest BCUT2D eigenvalue weighted by Crippen LogP contribution is -2.32. The first-order valence-electron chi connectivity index (χ1n) is 3.77. The van der Waals surface area contributed by atoms with Gasteiger partial charge in [-0.15, -0.1) is 0 Å². The van der Waals surface area contributed by atoms with Gasteiger partial charge in [-0.2, -0.15) is 0 Å². The maximum atomic E-state index is 3.19. The summed E-state index contributed by atoms with van der Waals surface area (Å²) in [7, 11) is 2.02. The smallest absolute Gasteiger partial charge is 0.0187 e. The minimum Gasteiger partial charge on any atom is -0.258 e. The Hall–Kier alpha value is -0.0800. The minimum absolute atomic E-state index is 0.781. The second kappa shape index (κ2) is 1.70. The molecule has 2 fully saturated rings. The Balaban J connectivity index is 1.93. The Kier molecular flexibility index (Phi) is 1.08. The SMILES string of the molecule is CNN1CCC2(CC2)C1. The van der Waals surface area contributed by atoms with Crippen molar-refractivity contribution in [2.45, 2.75) is 19.3 Å². The zero-order valence-corrected chi connectivity index (χ0v) is 5.98. The third kappa shape index (κ3) is 0.864. The number of hydrazine groups is 1. The van der Waals surface area contributed by atoms with E-state index in [0.717, 1.165) is 5.41 Å². The van der Waals surface area contributed by atoms with Crippen molar-refractivity contribution in [3.63, 3.8) is 0 Å². The summed E-state index contributed by atoms with van der Waals surface area (Å²) in [5.41, 5.74) is 3.97. The van der Waals surface area contributed by atoms with E-state index < -0.39 is 0 Å². The molecule has 0 radical (unpaired) electrons. The topological polar surface area (TPSA) is 15.3 Å². The predicted octanol–water partition coefficient (Wildman–Crippen LogP) is 0.607. The largest absolute Gasteiger partial charge is 0.258 e. The fourth-order valence-electron chi connectivity index (χ4n) is 1.71. The monoisotopic (exact) mass is 126 g/mol. The van der Waals surface area contributed by atoms with Crippen LogP contribution in [0.25, 0.3) is 0 Å². The van der Waals surface area contributed by atoms with Crippen molar-refractivity contribution in [2.24, 2.45) is 5.41 Å². The van der Waals surface area contributed by atoms with E-state index in [1.165, 1.54) is 32.4 Å². The Morgan fingerprint density at radius 3 is 2.44 bits per heavy atom. The third-order valence-electron chi connectivity index (χ3n) is 2.71. The molecule has 0 bridgehead atoms. The van der Waals surface area contributed by atoms with E-state index in [1.807, 2.05) is 7.05 Å². The first-order valence-corrected chi connectivity index (χ1v) is 3.77. The summed E-state index contributed by atoms with van der Waals surface area (Å²) in [5.74, 6) is 0. The molecule has 1 saturated carbocycles. The average molecular weight is 126 g/mol. The van der Waals surface area contributed by atoms with Crippen molar-refractivity contribution in [3.8, 4) is 0 Å². The molecule has 9 heavy (non-hydrogen) atoms. The molecule has 2 rings (SSSR count). The highest BCUT2D eigenvalue weighted by atomic mass is 15.5. The van der Waals surface area contributed by atoms with Gasteiger partial charge in [0.2, 0.25) is 0 Å². The summed E-state index contributed by atoms with van der Waals surface area (Å²) in [6.07, 6.45) is 4.38. The van der Waals surface area contributed by atoms with Gasteiger partial charge in [0.05, 0.1) is 0 Å². The molecule has 52 valence electrons. The lowest BCUT2D eigenvalue weighted by Gasteiger charge is -2.12. The van der Waals surface area contributed by atoms with Crippen molar-refractivity contribution in [1.82, 2.24) is 10.4 Å². The zero-order valence-electron chi connectivity index (χ0n) is 5.98. The predicted molar refractivity (Wildman–Crippen MR) is 36.9 cm³/mol. The molecule has 2 aliphatic rings. The highest BCUT2D eigenvalue weighted by Crippen LogP contribution is 2.52. The van der Waals surface area contributed by atoms with Crippen LogP contribution in [0, 0.1) is 5.41 Å². The molecule has 0 amide bonds. The normalized spacial score (nSPS) is 31.7. The maximum absolute atomic E-state index is 3.19. The molecule has 2 nitrogen and oxygen atoms in total. The summed E-state index contributed by atoms with van der Waals surface area (Å²) < 4.78 is 0. The Labute approximate surface area is 56.2 Å². The molecular formula is C7H14N2. The van der Waals surface area contributed by atoms with Gasteiger partial charge in [-0.05, 0) is 31.7 Å². The molecule has 0 aromatic rings. The summed E-state index contributed by atoms with van der Waals surface area (Å²) >= 11 is 0. The van der Waals surface area contributed by atoms with Gasteiger partial charge in [0.15, 0.2) is 0 Å². The van der Waals surface area contributed by atoms with Gasteiger partial charge in [0, 0.05) is 13.1 Å². The van der Waals surface area contributed by atoms with E-state index in [2.05, 4.69) is 10.4 Å². The van der Waals surface area contributed by atoms with Gasteiger partial charge in [-0.25, -0.2) is 5.01 Å². The van der Waals surface area contributed by atoms with Gasteiger partial charge in [-0.3, -0.25) is 5.43 Å². The number of nitrogens with zero attached hydrogens (tertiary/aromatic N) is 1. The van der Waals surface area contributed by atoms with E-state index in [0.29, 0.717) is 0 Å². The fourth-order valence-corrected chi connectivity index (χ4v) is 1.71. The molecular weight excluding hydrogens is 112 g/mol. The molecule has 1 saturated heterocycles. The van der Waals surface area contributed by atoms with Crippen molar-refractivity contribution < 1.29 is 0 Å². The molecule has 0 aromatic carbocycles. The molecule has 2 heteroatoms. The van der Waals surface area contributed by atoms with Gasteiger partial charge < -0.3 is 0 Å². The lowest BCUT2D eigenvalue weighted by molar-refractivity contribution is 0.248. The Morgan fingerprint density at radius 1 is 1.33 bits per heavy atom. The van der Waals surface area contributed by atoms with Crippen molar-refractivity contribution in [3.05, 3.63) is 0 Å². The van der Waals surface area contributed by atoms with Crippen LogP contribution in [-0.2, 0) is 0 Å². The second-order valence-electron chi connectivity index (χ2n) is 3.40. The van der Waals surface area contributed by atoms with Gasteiger partial charge in [0.1, 0.15) is 0 Å². The van der Waals surface area contributed by atoms with Gasteiger partial charge >= 0.3 is 0 Å². The quantitative estimate of drug-likeness (QED) is 0.553. The maximum Gasteiger partial charge on any atom is 0.0187 e. The number of rotatable bonds is 1. The van der Waals surface area contributed by atoms with Crippen LogP contribution in [-0.4, -0.2) is 25.1 Å². The third-order valence-corrected chi connectivity index (χ3v) is 2.71. The van der Waals surface area contributed by atoms with Gasteiger partial charge in [0.25, 0.3) is 0 Å². The molecule has 1 aliphatic heterocycles. The summed E-state index contributed by atoms with van der Waals surface area (Å²) in [6.45, 7) is 2.56. The van der Waals surface area contributed by atoms with Crippen LogP contribution >= 0.6 is 0 Å². The standard InChI is InChI=1S/C7H14N2/c1-8-9-5-4-7(6-9)2-3-7/h8H,2-6H2,1H3. The zero-order chi connectivity index (χ0) is 6.32. The first-order chi connectivity index (χ1) is 4.35. The summed E-state index contributed by atoms with van der Waals surface area (Å²) in [6, 6.07) is 0. The lowest BCUT2D eigenvalue weighted by atomic mass is 10.1. The Morgan fingerprint density at radius 2 is 2.11 bits per heavy atom. The molecule has 1 spiro atoms. The highest BCUT2D eigenvalue weighted by molar-refractivity contribution is 4.99. The van der Waals surface area contributed by atoms with E-state index >= 15 is 0 Å². The Bertz CT molecular complexity index is 118. The molecule has 0 aromatic heterocycles. The van der Waals surface area contributed by atoms with E-state index in [1.54, 1.807) is 0 Å². The van der Waals surface area contributed by atoms with Crippen LogP contribution < -0.4 is 5.43 Å². The van der Waals surface area contributed by atoms with Crippen LogP contribution in [0.5, 0.6) is 0 Å². The summed E-state index contributed by atoms with van der Waals surface area (Å²) in [5, 5.41) is 2.33. The van der Waals surface area contributed by atoms with Crippen LogP contribution in [0.4, 0.5) is 0 Å². The fraction of sp³-hybridized carbons (Fsp3) is 1.00. The van der Waals surface area contributed by atoms with Crippen LogP contribution in [0.1, 0.15) is 19.3 Å². The van der Waals surface area contributed by atoms with Crippen molar-refractivity contribution >= 4 is 0 Å². The van der Waals surface area contributed by atoms with E-state index in [4.69, 9.17) is 0 Å². The van der Waals surface area contributed by atoms with Crippen molar-refractivity contribution in [1.29, 1.82) is 0 Å². The molecule has 1 aliphatic carbocycles. The number of hydrogen-bond acceptors (Lipinski definition) is 2. The molecule has 1 N–H and O–H groups in total. The van der Waals surface area contributed by atoms with E-state index in [9.17, 15) is 0 Å². The van der Waals surface area contributed by atoms with Crippen LogP contribution in [0.3, 0.4) is 0 Å². The first kappa shape index (κ1) is 5.69. The molecule has 0 unspecified atom stereocenters. The minimum atomic E-state index is 0.781. The molecule has 0 atom stereocenters. The molecule has 1 heterocycles. The number of hydrogen-bond donors (Lipinski definition) is 1. The summed E-state index contributed by atoms with van der Waals surface area (Å²) in [4.78, 5) is 0.